The minimum absolute atomic E-state index is 0.000524. The largest absolute Gasteiger partial charge is 0.352 e. The highest BCUT2D eigenvalue weighted by Gasteiger charge is 2.29. The van der Waals surface area contributed by atoms with Crippen LogP contribution < -0.4 is 9.62 Å². The number of hydrogen-bond acceptors (Lipinski definition) is 4. The number of anilines is 1. The molecule has 0 saturated heterocycles. The average molecular weight is 587 g/mol. The van der Waals surface area contributed by atoms with Gasteiger partial charge < -0.3 is 10.2 Å². The topological polar surface area (TPSA) is 86.8 Å². The van der Waals surface area contributed by atoms with Gasteiger partial charge in [-0.15, -0.1) is 0 Å². The van der Waals surface area contributed by atoms with Crippen LogP contribution in [0.1, 0.15) is 57.4 Å². The van der Waals surface area contributed by atoms with Crippen LogP contribution >= 0.6 is 23.2 Å². The molecule has 208 valence electrons. The molecule has 7 nitrogen and oxygen atoms in total. The molecule has 3 rings (SSSR count). The SMILES string of the molecule is C[C@H](C(=O)NC1CCCCC1)N(Cc1ccc(Cl)cc1Cl)C(=O)CCCN(c1ccc(F)cc1)S(C)(=O)=O. The van der Waals surface area contributed by atoms with Gasteiger partial charge in [-0.3, -0.25) is 13.9 Å². The number of carbonyl (C=O) groups is 2. The lowest BCUT2D eigenvalue weighted by molar-refractivity contribution is -0.141. The molecule has 1 atom stereocenters. The molecule has 0 bridgehead atoms. The van der Waals surface area contributed by atoms with Gasteiger partial charge in [-0.1, -0.05) is 48.5 Å². The zero-order valence-corrected chi connectivity index (χ0v) is 24.0. The minimum atomic E-state index is -3.66. The maximum Gasteiger partial charge on any atom is 0.242 e. The van der Waals surface area contributed by atoms with Crippen LogP contribution in [0, 0.1) is 5.82 Å². The van der Waals surface area contributed by atoms with Crippen molar-refractivity contribution in [3.8, 4) is 0 Å². The Morgan fingerprint density at radius 1 is 1.08 bits per heavy atom. The summed E-state index contributed by atoms with van der Waals surface area (Å²) in [6, 6.07) is 9.43. The second-order valence-electron chi connectivity index (χ2n) is 9.69. The van der Waals surface area contributed by atoms with Gasteiger partial charge in [0.25, 0.3) is 0 Å². The molecule has 1 aliphatic carbocycles. The summed E-state index contributed by atoms with van der Waals surface area (Å²) < 4.78 is 39.2. The van der Waals surface area contributed by atoms with E-state index < -0.39 is 21.9 Å². The molecule has 1 aliphatic rings. The van der Waals surface area contributed by atoms with Gasteiger partial charge >= 0.3 is 0 Å². The normalized spacial score (nSPS) is 15.1. The molecule has 0 heterocycles. The lowest BCUT2D eigenvalue weighted by Crippen LogP contribution is -2.50. The average Bonchev–Trinajstić information content (AvgIpc) is 2.86. The monoisotopic (exact) mass is 585 g/mol. The first-order valence-electron chi connectivity index (χ1n) is 12.7. The fourth-order valence-electron chi connectivity index (χ4n) is 4.60. The van der Waals surface area contributed by atoms with Gasteiger partial charge in [0.2, 0.25) is 21.8 Å². The molecule has 38 heavy (non-hydrogen) atoms. The number of halogens is 3. The van der Waals surface area contributed by atoms with Gasteiger partial charge in [0.15, 0.2) is 0 Å². The van der Waals surface area contributed by atoms with Crippen LogP contribution in [0.2, 0.25) is 10.0 Å². The summed E-state index contributed by atoms with van der Waals surface area (Å²) in [5, 5.41) is 3.92. The Hall–Kier alpha value is -2.36. The van der Waals surface area contributed by atoms with Gasteiger partial charge in [0, 0.05) is 35.6 Å². The van der Waals surface area contributed by atoms with Gasteiger partial charge in [-0.05, 0) is 68.1 Å². The fourth-order valence-corrected chi connectivity index (χ4v) is 6.03. The van der Waals surface area contributed by atoms with Crippen LogP contribution in [-0.2, 0) is 26.2 Å². The predicted octanol–water partition coefficient (Wildman–Crippen LogP) is 5.54. The predicted molar refractivity (Wildman–Crippen MR) is 149 cm³/mol. The maximum atomic E-state index is 13.4. The fraction of sp³-hybridized carbons (Fsp3) is 0.481. The number of amides is 2. The number of rotatable bonds is 11. The van der Waals surface area contributed by atoms with Crippen LogP contribution in [0.5, 0.6) is 0 Å². The Balaban J connectivity index is 1.74. The molecule has 2 amide bonds. The third-order valence-corrected chi connectivity index (χ3v) is 8.52. The van der Waals surface area contributed by atoms with Crippen molar-refractivity contribution in [1.29, 1.82) is 0 Å². The third kappa shape index (κ3) is 8.58. The minimum Gasteiger partial charge on any atom is -0.352 e. The Bertz CT molecular complexity index is 1220. The van der Waals surface area contributed by atoms with E-state index in [1.165, 1.54) is 29.2 Å². The third-order valence-electron chi connectivity index (χ3n) is 6.74. The molecule has 1 fully saturated rings. The maximum absolute atomic E-state index is 13.4. The van der Waals surface area contributed by atoms with Crippen molar-refractivity contribution in [3.05, 3.63) is 63.9 Å². The van der Waals surface area contributed by atoms with E-state index in [4.69, 9.17) is 23.2 Å². The second-order valence-corrected chi connectivity index (χ2v) is 12.4. The van der Waals surface area contributed by atoms with Crippen molar-refractivity contribution in [3.63, 3.8) is 0 Å². The summed E-state index contributed by atoms with van der Waals surface area (Å²) >= 11 is 12.4. The lowest BCUT2D eigenvalue weighted by Gasteiger charge is -2.32. The zero-order chi connectivity index (χ0) is 27.9. The summed E-state index contributed by atoms with van der Waals surface area (Å²) in [7, 11) is -3.66. The molecule has 2 aromatic rings. The molecular formula is C27H34Cl2FN3O4S. The van der Waals surface area contributed by atoms with Gasteiger partial charge in [0.05, 0.1) is 11.9 Å². The Morgan fingerprint density at radius 2 is 1.74 bits per heavy atom. The number of nitrogens with one attached hydrogen (secondary N) is 1. The van der Waals surface area contributed by atoms with Gasteiger partial charge in [0.1, 0.15) is 11.9 Å². The van der Waals surface area contributed by atoms with E-state index in [1.54, 1.807) is 25.1 Å². The van der Waals surface area contributed by atoms with E-state index in [2.05, 4.69) is 5.32 Å². The first-order valence-corrected chi connectivity index (χ1v) is 15.3. The van der Waals surface area contributed by atoms with Gasteiger partial charge in [-0.2, -0.15) is 0 Å². The van der Waals surface area contributed by atoms with Gasteiger partial charge in [-0.25, -0.2) is 12.8 Å². The highest BCUT2D eigenvalue weighted by Crippen LogP contribution is 2.25. The van der Waals surface area contributed by atoms with Crippen LogP contribution in [-0.4, -0.2) is 50.0 Å². The summed E-state index contributed by atoms with van der Waals surface area (Å²) in [6.45, 7) is 1.80. The zero-order valence-electron chi connectivity index (χ0n) is 21.6. The number of hydrogen-bond donors (Lipinski definition) is 1. The molecule has 0 unspecified atom stereocenters. The van der Waals surface area contributed by atoms with Crippen molar-refractivity contribution in [2.45, 2.75) is 70.5 Å². The lowest BCUT2D eigenvalue weighted by atomic mass is 9.95. The Morgan fingerprint density at radius 3 is 2.34 bits per heavy atom. The van der Waals surface area contributed by atoms with Crippen LogP contribution in [0.25, 0.3) is 0 Å². The molecule has 2 aromatic carbocycles. The van der Waals surface area contributed by atoms with Crippen LogP contribution in [0.3, 0.4) is 0 Å². The van der Waals surface area contributed by atoms with E-state index in [0.29, 0.717) is 21.3 Å². The van der Waals surface area contributed by atoms with Crippen LogP contribution in [0.4, 0.5) is 10.1 Å². The van der Waals surface area contributed by atoms with E-state index in [1.807, 2.05) is 0 Å². The van der Waals surface area contributed by atoms with E-state index in [0.717, 1.165) is 42.7 Å². The number of carbonyl (C=O) groups excluding carboxylic acids is 2. The second kappa shape index (κ2) is 13.6. The number of benzene rings is 2. The van der Waals surface area contributed by atoms with Crippen LogP contribution in [0.15, 0.2) is 42.5 Å². The molecular weight excluding hydrogens is 552 g/mol. The van der Waals surface area contributed by atoms with Crippen molar-refractivity contribution in [1.82, 2.24) is 10.2 Å². The summed E-state index contributed by atoms with van der Waals surface area (Å²) in [5.41, 5.74) is 0.956. The molecule has 0 aliphatic heterocycles. The van der Waals surface area contributed by atoms with E-state index in [9.17, 15) is 22.4 Å². The molecule has 0 radical (unpaired) electrons. The van der Waals surface area contributed by atoms with Crippen molar-refractivity contribution in [2.75, 3.05) is 17.1 Å². The summed E-state index contributed by atoms with van der Waals surface area (Å²) in [6.07, 6.45) is 6.38. The highest BCUT2D eigenvalue weighted by atomic mass is 35.5. The highest BCUT2D eigenvalue weighted by molar-refractivity contribution is 7.92. The summed E-state index contributed by atoms with van der Waals surface area (Å²) in [4.78, 5) is 28.0. The first-order chi connectivity index (χ1) is 18.0. The van der Waals surface area contributed by atoms with Crippen molar-refractivity contribution >= 4 is 50.7 Å². The van der Waals surface area contributed by atoms with Crippen molar-refractivity contribution < 1.29 is 22.4 Å². The molecule has 0 aromatic heterocycles. The number of sulfonamides is 1. The smallest absolute Gasteiger partial charge is 0.242 e. The summed E-state index contributed by atoms with van der Waals surface area (Å²) in [5.74, 6) is -1.02. The number of nitrogens with zero attached hydrogens (tertiary/aromatic N) is 2. The molecule has 0 spiro atoms. The first kappa shape index (κ1) is 30.2. The quantitative estimate of drug-likeness (QED) is 0.375. The van der Waals surface area contributed by atoms with Crippen molar-refractivity contribution in [2.24, 2.45) is 0 Å². The van der Waals surface area contributed by atoms with E-state index in [-0.39, 0.29) is 43.8 Å². The Kier molecular flexibility index (Phi) is 10.8. The molecule has 11 heteroatoms. The molecule has 1 N–H and O–H groups in total. The Labute approximate surface area is 234 Å². The van der Waals surface area contributed by atoms with E-state index >= 15 is 0 Å². The standard InChI is InChI=1S/C27H34Cl2FN3O4S/c1-19(27(35)31-23-7-4-3-5-8-23)32(18-20-10-11-21(28)17-25(20)29)26(34)9-6-16-33(38(2,36)37)24-14-12-22(30)13-15-24/h10-15,17,19,23H,3-9,16,18H2,1-2H3,(H,31,35)/t19-/m1/s1. The molecule has 1 saturated carbocycles.